The lowest BCUT2D eigenvalue weighted by Gasteiger charge is -2.07. The molecule has 0 radical (unpaired) electrons. The van der Waals surface area contributed by atoms with Crippen LogP contribution in [0.4, 0.5) is 0 Å². The van der Waals surface area contributed by atoms with Gasteiger partial charge in [0.25, 0.3) is 0 Å². The summed E-state index contributed by atoms with van der Waals surface area (Å²) in [5.41, 5.74) is 1.64. The highest BCUT2D eigenvalue weighted by atomic mass is 16.4. The van der Waals surface area contributed by atoms with E-state index in [0.717, 1.165) is 5.69 Å². The summed E-state index contributed by atoms with van der Waals surface area (Å²) in [6.07, 6.45) is 2.26. The Morgan fingerprint density at radius 1 is 1.23 bits per heavy atom. The number of hydrogen-bond acceptors (Lipinski definition) is 4. The second-order valence-electron chi connectivity index (χ2n) is 4.83. The molecule has 0 saturated heterocycles. The Hall–Kier alpha value is -2.76. The number of aromatic nitrogens is 2. The number of carbonyl (C=O) groups is 2. The average molecular weight is 299 g/mol. The first-order valence-corrected chi connectivity index (χ1v) is 6.92. The van der Waals surface area contributed by atoms with Crippen molar-refractivity contribution in [2.45, 2.75) is 26.3 Å². The summed E-state index contributed by atoms with van der Waals surface area (Å²) in [7, 11) is 0. The molecule has 6 heteroatoms. The van der Waals surface area contributed by atoms with Crippen molar-refractivity contribution >= 4 is 11.9 Å². The third-order valence-electron chi connectivity index (χ3n) is 3.17. The van der Waals surface area contributed by atoms with Crippen LogP contribution >= 0.6 is 0 Å². The standard InChI is InChI=1S/C16H17N3O3/c1-11-17-9-8-13(19-11)10-18-15(20)7-6-12-4-2-3-5-14(12)16(21)22/h2-5,8-9H,6-7,10H2,1H3,(H,18,20)(H,21,22). The molecule has 0 aliphatic heterocycles. The Balaban J connectivity index is 1.87. The van der Waals surface area contributed by atoms with Crippen molar-refractivity contribution in [1.82, 2.24) is 15.3 Å². The third kappa shape index (κ3) is 4.37. The zero-order chi connectivity index (χ0) is 15.9. The van der Waals surface area contributed by atoms with Crippen molar-refractivity contribution in [3.8, 4) is 0 Å². The van der Waals surface area contributed by atoms with Gasteiger partial charge >= 0.3 is 5.97 Å². The van der Waals surface area contributed by atoms with Gasteiger partial charge in [-0.25, -0.2) is 14.8 Å². The zero-order valence-electron chi connectivity index (χ0n) is 12.2. The highest BCUT2D eigenvalue weighted by Crippen LogP contribution is 2.11. The molecule has 114 valence electrons. The van der Waals surface area contributed by atoms with Crippen LogP contribution in [0.5, 0.6) is 0 Å². The van der Waals surface area contributed by atoms with Gasteiger partial charge in [-0.1, -0.05) is 18.2 Å². The number of carbonyl (C=O) groups excluding carboxylic acids is 1. The highest BCUT2D eigenvalue weighted by molar-refractivity contribution is 5.89. The van der Waals surface area contributed by atoms with E-state index in [0.29, 0.717) is 24.4 Å². The second-order valence-corrected chi connectivity index (χ2v) is 4.83. The summed E-state index contributed by atoms with van der Waals surface area (Å²) in [4.78, 5) is 31.1. The number of aromatic carboxylic acids is 1. The van der Waals surface area contributed by atoms with E-state index in [9.17, 15) is 9.59 Å². The molecule has 2 aromatic rings. The van der Waals surface area contributed by atoms with Gasteiger partial charge in [-0.2, -0.15) is 0 Å². The summed E-state index contributed by atoms with van der Waals surface area (Å²) < 4.78 is 0. The van der Waals surface area contributed by atoms with E-state index in [1.807, 2.05) is 0 Å². The van der Waals surface area contributed by atoms with E-state index in [2.05, 4.69) is 15.3 Å². The quantitative estimate of drug-likeness (QED) is 0.847. The first-order chi connectivity index (χ1) is 10.6. The molecular weight excluding hydrogens is 282 g/mol. The van der Waals surface area contributed by atoms with Crippen molar-refractivity contribution < 1.29 is 14.7 Å². The molecular formula is C16H17N3O3. The minimum absolute atomic E-state index is 0.142. The number of carboxylic acids is 1. The normalized spacial score (nSPS) is 10.2. The van der Waals surface area contributed by atoms with Crippen molar-refractivity contribution in [2.75, 3.05) is 0 Å². The van der Waals surface area contributed by atoms with E-state index < -0.39 is 5.97 Å². The monoisotopic (exact) mass is 299 g/mol. The van der Waals surface area contributed by atoms with Gasteiger partial charge < -0.3 is 10.4 Å². The second kappa shape index (κ2) is 7.31. The van der Waals surface area contributed by atoms with Gasteiger partial charge in [0.15, 0.2) is 0 Å². The fourth-order valence-corrected chi connectivity index (χ4v) is 2.08. The minimum atomic E-state index is -0.979. The summed E-state index contributed by atoms with van der Waals surface area (Å²) in [5.74, 6) is -0.467. The molecule has 1 aromatic carbocycles. The third-order valence-corrected chi connectivity index (χ3v) is 3.17. The predicted octanol–water partition coefficient (Wildman–Crippen LogP) is 1.73. The van der Waals surface area contributed by atoms with Crippen LogP contribution < -0.4 is 5.32 Å². The zero-order valence-corrected chi connectivity index (χ0v) is 12.2. The molecule has 6 nitrogen and oxygen atoms in total. The Morgan fingerprint density at radius 3 is 2.73 bits per heavy atom. The smallest absolute Gasteiger partial charge is 0.335 e. The van der Waals surface area contributed by atoms with E-state index in [4.69, 9.17) is 5.11 Å². The van der Waals surface area contributed by atoms with Gasteiger partial charge in [0.1, 0.15) is 5.82 Å². The molecule has 0 unspecified atom stereocenters. The Kier molecular flexibility index (Phi) is 5.19. The van der Waals surface area contributed by atoms with Gasteiger partial charge in [0, 0.05) is 12.6 Å². The van der Waals surface area contributed by atoms with Crippen LogP contribution in [-0.4, -0.2) is 27.0 Å². The van der Waals surface area contributed by atoms with Crippen LogP contribution in [0.25, 0.3) is 0 Å². The molecule has 0 aliphatic carbocycles. The fourth-order valence-electron chi connectivity index (χ4n) is 2.08. The number of rotatable bonds is 6. The van der Waals surface area contributed by atoms with Crippen molar-refractivity contribution in [1.29, 1.82) is 0 Å². The summed E-state index contributed by atoms with van der Waals surface area (Å²) in [6, 6.07) is 8.45. The number of nitrogens with one attached hydrogen (secondary N) is 1. The van der Waals surface area contributed by atoms with Gasteiger partial charge in [0.05, 0.1) is 17.8 Å². The van der Waals surface area contributed by atoms with Gasteiger partial charge in [-0.3, -0.25) is 4.79 Å². The van der Waals surface area contributed by atoms with Crippen LogP contribution in [0.15, 0.2) is 36.5 Å². The first kappa shape index (κ1) is 15.6. The molecule has 0 spiro atoms. The highest BCUT2D eigenvalue weighted by Gasteiger charge is 2.10. The van der Waals surface area contributed by atoms with Gasteiger partial charge in [-0.05, 0) is 31.0 Å². The summed E-state index contributed by atoms with van der Waals surface area (Å²) in [6.45, 7) is 2.12. The largest absolute Gasteiger partial charge is 0.478 e. The van der Waals surface area contributed by atoms with E-state index >= 15 is 0 Å². The number of benzene rings is 1. The topological polar surface area (TPSA) is 92.2 Å². The number of aryl methyl sites for hydroxylation is 2. The van der Waals surface area contributed by atoms with E-state index in [1.54, 1.807) is 43.5 Å². The molecule has 0 fully saturated rings. The molecule has 22 heavy (non-hydrogen) atoms. The Bertz CT molecular complexity index is 686. The molecule has 1 amide bonds. The lowest BCUT2D eigenvalue weighted by atomic mass is 10.0. The number of amides is 1. The fraction of sp³-hybridized carbons (Fsp3) is 0.250. The maximum atomic E-state index is 11.9. The molecule has 1 heterocycles. The van der Waals surface area contributed by atoms with Gasteiger partial charge in [0.2, 0.25) is 5.91 Å². The molecule has 1 aromatic heterocycles. The van der Waals surface area contributed by atoms with E-state index in [-0.39, 0.29) is 17.9 Å². The SMILES string of the molecule is Cc1nccc(CNC(=O)CCc2ccccc2C(=O)O)n1. The maximum Gasteiger partial charge on any atom is 0.335 e. The molecule has 0 atom stereocenters. The van der Waals surface area contributed by atoms with Crippen LogP contribution in [-0.2, 0) is 17.8 Å². The lowest BCUT2D eigenvalue weighted by molar-refractivity contribution is -0.121. The van der Waals surface area contributed by atoms with Crippen molar-refractivity contribution in [3.63, 3.8) is 0 Å². The lowest BCUT2D eigenvalue weighted by Crippen LogP contribution is -2.24. The number of carboxylic acid groups (broad SMARTS) is 1. The average Bonchev–Trinajstić information content (AvgIpc) is 2.51. The molecule has 0 bridgehead atoms. The van der Waals surface area contributed by atoms with Gasteiger partial charge in [-0.15, -0.1) is 0 Å². The molecule has 2 N–H and O–H groups in total. The molecule has 0 saturated carbocycles. The summed E-state index contributed by atoms with van der Waals surface area (Å²) in [5, 5.41) is 11.9. The van der Waals surface area contributed by atoms with Crippen molar-refractivity contribution in [2.24, 2.45) is 0 Å². The number of nitrogens with zero attached hydrogens (tertiary/aromatic N) is 2. The van der Waals surface area contributed by atoms with E-state index in [1.165, 1.54) is 0 Å². The van der Waals surface area contributed by atoms with Crippen LogP contribution in [0.3, 0.4) is 0 Å². The molecule has 2 rings (SSSR count). The molecule has 0 aliphatic rings. The van der Waals surface area contributed by atoms with Crippen LogP contribution in [0.2, 0.25) is 0 Å². The summed E-state index contributed by atoms with van der Waals surface area (Å²) >= 11 is 0. The predicted molar refractivity (Wildman–Crippen MR) is 80.3 cm³/mol. The van der Waals surface area contributed by atoms with Crippen molar-refractivity contribution in [3.05, 3.63) is 59.2 Å². The Morgan fingerprint density at radius 2 is 2.00 bits per heavy atom. The van der Waals surface area contributed by atoms with Crippen LogP contribution in [0.1, 0.15) is 33.9 Å². The van der Waals surface area contributed by atoms with Crippen LogP contribution in [0, 0.1) is 6.92 Å². The maximum absolute atomic E-state index is 11.9. The number of hydrogen-bond donors (Lipinski definition) is 2. The minimum Gasteiger partial charge on any atom is -0.478 e. The Labute approximate surface area is 128 Å². The first-order valence-electron chi connectivity index (χ1n) is 6.92.